The molecule has 0 heterocycles. The summed E-state index contributed by atoms with van der Waals surface area (Å²) in [5.74, 6) is 0.00743. The van der Waals surface area contributed by atoms with E-state index >= 15 is 0 Å². The van der Waals surface area contributed by atoms with Crippen LogP contribution in [-0.2, 0) is 4.79 Å². The molecule has 0 aromatic heterocycles. The molecule has 2 aromatic carbocycles. The summed E-state index contributed by atoms with van der Waals surface area (Å²) in [5.41, 5.74) is 2.79. The number of hydrogen-bond acceptors (Lipinski definition) is 1. The van der Waals surface area contributed by atoms with Gasteiger partial charge in [0.1, 0.15) is 0 Å². The SMILES string of the molecule is Cc1ccc(NC(=O)[C@@H]([NH2+]C2CCCC2)c2ccccc2)cc1Cl. The van der Waals surface area contributed by atoms with Crippen molar-refractivity contribution in [2.45, 2.75) is 44.7 Å². The second-order valence-corrected chi connectivity index (χ2v) is 6.99. The van der Waals surface area contributed by atoms with Gasteiger partial charge in [0.05, 0.1) is 6.04 Å². The lowest BCUT2D eigenvalue weighted by atomic mass is 10.0. The topological polar surface area (TPSA) is 45.7 Å². The normalized spacial score (nSPS) is 16.1. The molecule has 0 bridgehead atoms. The molecule has 126 valence electrons. The number of carbonyl (C=O) groups is 1. The van der Waals surface area contributed by atoms with Crippen molar-refractivity contribution in [1.29, 1.82) is 0 Å². The number of benzene rings is 2. The first-order chi connectivity index (χ1) is 11.6. The van der Waals surface area contributed by atoms with Crippen LogP contribution in [0.2, 0.25) is 5.02 Å². The van der Waals surface area contributed by atoms with E-state index in [-0.39, 0.29) is 11.9 Å². The minimum Gasteiger partial charge on any atom is -0.330 e. The first kappa shape index (κ1) is 17.0. The lowest BCUT2D eigenvalue weighted by molar-refractivity contribution is -0.714. The van der Waals surface area contributed by atoms with Crippen molar-refractivity contribution in [2.24, 2.45) is 0 Å². The van der Waals surface area contributed by atoms with Gasteiger partial charge in [0.15, 0.2) is 6.04 Å². The van der Waals surface area contributed by atoms with Crippen molar-refractivity contribution >= 4 is 23.2 Å². The molecular formula is C20H24ClN2O+. The summed E-state index contributed by atoms with van der Waals surface area (Å²) < 4.78 is 0. The molecule has 0 saturated heterocycles. The minimum atomic E-state index is -0.227. The van der Waals surface area contributed by atoms with E-state index in [1.165, 1.54) is 25.7 Å². The van der Waals surface area contributed by atoms with Crippen LogP contribution in [0.25, 0.3) is 0 Å². The highest BCUT2D eigenvalue weighted by atomic mass is 35.5. The Bertz CT molecular complexity index is 696. The molecule has 0 aliphatic heterocycles. The van der Waals surface area contributed by atoms with E-state index < -0.39 is 0 Å². The maximum Gasteiger partial charge on any atom is 0.287 e. The summed E-state index contributed by atoms with van der Waals surface area (Å²) in [6, 6.07) is 15.9. The van der Waals surface area contributed by atoms with Crippen LogP contribution in [0.3, 0.4) is 0 Å². The van der Waals surface area contributed by atoms with E-state index in [0.717, 1.165) is 16.8 Å². The summed E-state index contributed by atoms with van der Waals surface area (Å²) in [7, 11) is 0. The monoisotopic (exact) mass is 343 g/mol. The van der Waals surface area contributed by atoms with Crippen LogP contribution >= 0.6 is 11.6 Å². The molecule has 4 heteroatoms. The smallest absolute Gasteiger partial charge is 0.287 e. The molecule has 1 fully saturated rings. The molecule has 3 nitrogen and oxygen atoms in total. The van der Waals surface area contributed by atoms with Crippen molar-refractivity contribution in [3.8, 4) is 0 Å². The van der Waals surface area contributed by atoms with Gasteiger partial charge in [-0.1, -0.05) is 48.0 Å². The molecule has 3 N–H and O–H groups in total. The predicted molar refractivity (Wildman–Crippen MR) is 98.2 cm³/mol. The van der Waals surface area contributed by atoms with Crippen molar-refractivity contribution in [3.63, 3.8) is 0 Å². The summed E-state index contributed by atoms with van der Waals surface area (Å²) >= 11 is 6.17. The van der Waals surface area contributed by atoms with Gasteiger partial charge in [-0.25, -0.2) is 0 Å². The molecule has 1 amide bonds. The zero-order chi connectivity index (χ0) is 16.9. The van der Waals surface area contributed by atoms with E-state index in [2.05, 4.69) is 10.6 Å². The summed E-state index contributed by atoms with van der Waals surface area (Å²) in [5, 5.41) is 5.93. The van der Waals surface area contributed by atoms with Crippen LogP contribution in [0.5, 0.6) is 0 Å². The Morgan fingerprint density at radius 1 is 1.17 bits per heavy atom. The van der Waals surface area contributed by atoms with Gasteiger partial charge in [0.2, 0.25) is 0 Å². The van der Waals surface area contributed by atoms with Gasteiger partial charge in [-0.05, 0) is 50.3 Å². The summed E-state index contributed by atoms with van der Waals surface area (Å²) in [6.07, 6.45) is 4.90. The third-order valence-electron chi connectivity index (χ3n) is 4.74. The molecule has 1 aliphatic rings. The van der Waals surface area contributed by atoms with Crippen molar-refractivity contribution in [2.75, 3.05) is 5.32 Å². The lowest BCUT2D eigenvalue weighted by Crippen LogP contribution is -2.92. The fraction of sp³-hybridized carbons (Fsp3) is 0.350. The first-order valence-electron chi connectivity index (χ1n) is 8.60. The Kier molecular flexibility index (Phi) is 5.54. The number of amides is 1. The Balaban J connectivity index is 1.78. The number of nitrogens with two attached hydrogens (primary N) is 1. The molecular weight excluding hydrogens is 320 g/mol. The van der Waals surface area contributed by atoms with E-state index in [9.17, 15) is 4.79 Å². The van der Waals surface area contributed by atoms with Crippen molar-refractivity contribution in [3.05, 3.63) is 64.7 Å². The maximum absolute atomic E-state index is 12.9. The third-order valence-corrected chi connectivity index (χ3v) is 5.15. The van der Waals surface area contributed by atoms with Crippen LogP contribution in [-0.4, -0.2) is 11.9 Å². The molecule has 2 aromatic rings. The van der Waals surface area contributed by atoms with Crippen LogP contribution in [0.15, 0.2) is 48.5 Å². The highest BCUT2D eigenvalue weighted by Crippen LogP contribution is 2.22. The Morgan fingerprint density at radius 2 is 1.88 bits per heavy atom. The van der Waals surface area contributed by atoms with Gasteiger partial charge < -0.3 is 10.6 Å². The fourth-order valence-electron chi connectivity index (χ4n) is 3.32. The number of quaternary nitrogens is 1. The second kappa shape index (κ2) is 7.82. The molecule has 0 radical (unpaired) electrons. The van der Waals surface area contributed by atoms with Crippen molar-refractivity contribution in [1.82, 2.24) is 0 Å². The molecule has 0 unspecified atom stereocenters. The van der Waals surface area contributed by atoms with E-state index in [1.807, 2.05) is 55.5 Å². The molecule has 24 heavy (non-hydrogen) atoms. The molecule has 0 spiro atoms. The van der Waals surface area contributed by atoms with Gasteiger partial charge in [0, 0.05) is 16.3 Å². The largest absolute Gasteiger partial charge is 0.330 e. The number of anilines is 1. The van der Waals surface area contributed by atoms with E-state index in [4.69, 9.17) is 11.6 Å². The minimum absolute atomic E-state index is 0.00743. The molecule has 1 aliphatic carbocycles. The molecule has 3 rings (SSSR count). The zero-order valence-corrected chi connectivity index (χ0v) is 14.7. The lowest BCUT2D eigenvalue weighted by Gasteiger charge is -2.20. The number of aryl methyl sites for hydroxylation is 1. The number of hydrogen-bond donors (Lipinski definition) is 2. The van der Waals surface area contributed by atoms with Gasteiger partial charge in [-0.2, -0.15) is 0 Å². The fourth-order valence-corrected chi connectivity index (χ4v) is 3.50. The summed E-state index contributed by atoms with van der Waals surface area (Å²) in [4.78, 5) is 12.9. The van der Waals surface area contributed by atoms with Crippen LogP contribution in [0, 0.1) is 6.92 Å². The quantitative estimate of drug-likeness (QED) is 0.851. The zero-order valence-electron chi connectivity index (χ0n) is 14.0. The third kappa shape index (κ3) is 4.16. The highest BCUT2D eigenvalue weighted by molar-refractivity contribution is 6.31. The predicted octanol–water partition coefficient (Wildman–Crippen LogP) is 3.83. The van der Waals surface area contributed by atoms with Crippen molar-refractivity contribution < 1.29 is 10.1 Å². The number of carbonyl (C=O) groups excluding carboxylic acids is 1. The van der Waals surface area contributed by atoms with Crippen LogP contribution in [0.1, 0.15) is 42.9 Å². The average Bonchev–Trinajstić information content (AvgIpc) is 3.10. The standard InChI is InChI=1S/C20H23ClN2O/c1-14-11-12-17(13-18(14)21)23-20(24)19(15-7-3-2-4-8-15)22-16-9-5-6-10-16/h2-4,7-8,11-13,16,19,22H,5-6,9-10H2,1H3,(H,23,24)/p+1/t19-/m0/s1. The highest BCUT2D eigenvalue weighted by Gasteiger charge is 2.29. The summed E-state index contributed by atoms with van der Waals surface area (Å²) in [6.45, 7) is 1.95. The van der Waals surface area contributed by atoms with Crippen LogP contribution in [0.4, 0.5) is 5.69 Å². The Hall–Kier alpha value is -1.84. The maximum atomic E-state index is 12.9. The van der Waals surface area contributed by atoms with E-state index in [1.54, 1.807) is 0 Å². The Labute approximate surface area is 148 Å². The van der Waals surface area contributed by atoms with Gasteiger partial charge in [-0.3, -0.25) is 4.79 Å². The second-order valence-electron chi connectivity index (χ2n) is 6.58. The van der Waals surface area contributed by atoms with Crippen LogP contribution < -0.4 is 10.6 Å². The van der Waals surface area contributed by atoms with Gasteiger partial charge in [-0.15, -0.1) is 0 Å². The molecule has 1 atom stereocenters. The Morgan fingerprint density at radius 3 is 2.54 bits per heavy atom. The number of nitrogens with one attached hydrogen (secondary N) is 1. The number of rotatable bonds is 5. The van der Waals surface area contributed by atoms with E-state index in [0.29, 0.717) is 11.1 Å². The average molecular weight is 344 g/mol. The first-order valence-corrected chi connectivity index (χ1v) is 8.98. The van der Waals surface area contributed by atoms with Gasteiger partial charge >= 0.3 is 0 Å². The van der Waals surface area contributed by atoms with Gasteiger partial charge in [0.25, 0.3) is 5.91 Å². The molecule has 1 saturated carbocycles. The number of halogens is 1.